The summed E-state index contributed by atoms with van der Waals surface area (Å²) >= 11 is 0. The smallest absolute Gasteiger partial charge is 0.226 e. The monoisotopic (exact) mass is 281 g/mol. The molecule has 1 aromatic heterocycles. The molecule has 0 aliphatic heterocycles. The van der Waals surface area contributed by atoms with Gasteiger partial charge < -0.3 is 15.2 Å². The van der Waals surface area contributed by atoms with E-state index in [1.165, 1.54) is 0 Å². The van der Waals surface area contributed by atoms with Gasteiger partial charge in [0.2, 0.25) is 11.8 Å². The highest BCUT2D eigenvalue weighted by Gasteiger charge is 2.15. The van der Waals surface area contributed by atoms with Crippen molar-refractivity contribution in [2.45, 2.75) is 59.7 Å². The molecule has 0 aromatic carbocycles. The fraction of sp³-hybridized carbons (Fsp3) is 0.733. The third-order valence-corrected chi connectivity index (χ3v) is 3.25. The molecule has 1 rings (SSSR count). The van der Waals surface area contributed by atoms with Crippen LogP contribution in [0.2, 0.25) is 0 Å². The molecule has 0 aliphatic carbocycles. The van der Waals surface area contributed by atoms with E-state index in [0.717, 1.165) is 18.5 Å². The number of hydrogen-bond donors (Lipinski definition) is 2. The van der Waals surface area contributed by atoms with Gasteiger partial charge in [0, 0.05) is 18.3 Å². The van der Waals surface area contributed by atoms with Gasteiger partial charge in [-0.2, -0.15) is 4.98 Å². The zero-order valence-electron chi connectivity index (χ0n) is 13.2. The van der Waals surface area contributed by atoms with E-state index in [0.29, 0.717) is 24.3 Å². The van der Waals surface area contributed by atoms with Crippen LogP contribution in [0.15, 0.2) is 6.07 Å². The van der Waals surface area contributed by atoms with Crippen LogP contribution in [0.1, 0.15) is 46.2 Å². The zero-order valence-corrected chi connectivity index (χ0v) is 13.2. The summed E-state index contributed by atoms with van der Waals surface area (Å²) in [6.45, 7) is 10.5. The van der Waals surface area contributed by atoms with Gasteiger partial charge in [0.15, 0.2) is 0 Å². The van der Waals surface area contributed by atoms with Gasteiger partial charge >= 0.3 is 0 Å². The van der Waals surface area contributed by atoms with Crippen molar-refractivity contribution in [3.63, 3.8) is 0 Å². The van der Waals surface area contributed by atoms with Gasteiger partial charge in [-0.25, -0.2) is 4.98 Å². The standard InChI is InChI=1S/C15H27N3O2/c1-6-12(7-2)13(19)9-16-15-17-11(5)8-14(18-15)20-10(3)4/h8,10,12-13,19H,6-7,9H2,1-5H3,(H,16,17,18). The number of aryl methyl sites for hydroxylation is 1. The van der Waals surface area contributed by atoms with Gasteiger partial charge in [0.25, 0.3) is 0 Å². The van der Waals surface area contributed by atoms with E-state index in [9.17, 15) is 5.11 Å². The maximum absolute atomic E-state index is 10.1. The largest absolute Gasteiger partial charge is 0.475 e. The van der Waals surface area contributed by atoms with E-state index in [2.05, 4.69) is 29.1 Å². The Kier molecular flexibility index (Phi) is 6.71. The van der Waals surface area contributed by atoms with Crippen molar-refractivity contribution in [2.24, 2.45) is 5.92 Å². The normalized spacial score (nSPS) is 12.8. The lowest BCUT2D eigenvalue weighted by molar-refractivity contribution is 0.114. The molecule has 20 heavy (non-hydrogen) atoms. The molecule has 0 aliphatic rings. The van der Waals surface area contributed by atoms with Crippen LogP contribution in [0, 0.1) is 12.8 Å². The molecule has 5 nitrogen and oxygen atoms in total. The van der Waals surface area contributed by atoms with E-state index < -0.39 is 0 Å². The summed E-state index contributed by atoms with van der Waals surface area (Å²) in [6.07, 6.45) is 1.63. The Balaban J connectivity index is 2.65. The Morgan fingerprint density at radius 2 is 1.90 bits per heavy atom. The minimum atomic E-state index is -0.386. The molecular weight excluding hydrogens is 254 g/mol. The molecule has 114 valence electrons. The quantitative estimate of drug-likeness (QED) is 0.767. The van der Waals surface area contributed by atoms with Crippen LogP contribution in [0.5, 0.6) is 5.88 Å². The predicted molar refractivity (Wildman–Crippen MR) is 81.1 cm³/mol. The topological polar surface area (TPSA) is 67.3 Å². The summed E-state index contributed by atoms with van der Waals surface area (Å²) in [5.41, 5.74) is 0.843. The Hall–Kier alpha value is -1.36. The summed E-state index contributed by atoms with van der Waals surface area (Å²) in [5.74, 6) is 1.37. The lowest BCUT2D eigenvalue weighted by Gasteiger charge is -2.20. The fourth-order valence-corrected chi connectivity index (χ4v) is 2.12. The lowest BCUT2D eigenvalue weighted by atomic mass is 9.97. The second-order valence-corrected chi connectivity index (χ2v) is 5.36. The van der Waals surface area contributed by atoms with Gasteiger partial charge in [-0.15, -0.1) is 0 Å². The van der Waals surface area contributed by atoms with Crippen molar-refractivity contribution < 1.29 is 9.84 Å². The van der Waals surface area contributed by atoms with Crippen molar-refractivity contribution in [3.8, 4) is 5.88 Å². The Morgan fingerprint density at radius 3 is 2.45 bits per heavy atom. The summed E-state index contributed by atoms with van der Waals surface area (Å²) in [5, 5.41) is 13.2. The molecule has 0 radical (unpaired) electrons. The van der Waals surface area contributed by atoms with Crippen molar-refractivity contribution in [1.82, 2.24) is 9.97 Å². The Morgan fingerprint density at radius 1 is 1.25 bits per heavy atom. The first-order valence-corrected chi connectivity index (χ1v) is 7.40. The zero-order chi connectivity index (χ0) is 15.1. The number of aliphatic hydroxyl groups excluding tert-OH is 1. The number of nitrogens with one attached hydrogen (secondary N) is 1. The molecule has 0 saturated heterocycles. The molecule has 0 amide bonds. The van der Waals surface area contributed by atoms with Gasteiger partial charge in [0.05, 0.1) is 12.2 Å². The van der Waals surface area contributed by atoms with E-state index in [1.54, 1.807) is 0 Å². The molecule has 5 heteroatoms. The molecule has 1 atom stereocenters. The molecule has 1 aromatic rings. The SMILES string of the molecule is CCC(CC)C(O)CNc1nc(C)cc(OC(C)C)n1. The van der Waals surface area contributed by atoms with Crippen LogP contribution in [0.25, 0.3) is 0 Å². The van der Waals surface area contributed by atoms with Crippen LogP contribution >= 0.6 is 0 Å². The molecule has 0 spiro atoms. The molecule has 0 fully saturated rings. The van der Waals surface area contributed by atoms with E-state index in [4.69, 9.17) is 4.74 Å². The number of hydrogen-bond acceptors (Lipinski definition) is 5. The van der Waals surface area contributed by atoms with E-state index in [1.807, 2.05) is 26.8 Å². The van der Waals surface area contributed by atoms with E-state index in [-0.39, 0.29) is 12.2 Å². The van der Waals surface area contributed by atoms with Crippen LogP contribution < -0.4 is 10.1 Å². The van der Waals surface area contributed by atoms with E-state index >= 15 is 0 Å². The highest BCUT2D eigenvalue weighted by atomic mass is 16.5. The fourth-order valence-electron chi connectivity index (χ4n) is 2.12. The van der Waals surface area contributed by atoms with Gasteiger partial charge in [-0.3, -0.25) is 0 Å². The number of aliphatic hydroxyl groups is 1. The third kappa shape index (κ3) is 5.33. The Labute approximate surface area is 121 Å². The second-order valence-electron chi connectivity index (χ2n) is 5.36. The second kappa shape index (κ2) is 8.04. The summed E-state index contributed by atoms with van der Waals surface area (Å²) in [4.78, 5) is 8.61. The first-order valence-electron chi connectivity index (χ1n) is 7.40. The van der Waals surface area contributed by atoms with Gasteiger partial charge in [0.1, 0.15) is 0 Å². The number of rotatable bonds is 8. The number of ether oxygens (including phenoxy) is 1. The minimum absolute atomic E-state index is 0.0762. The molecule has 1 unspecified atom stereocenters. The minimum Gasteiger partial charge on any atom is -0.475 e. The summed E-state index contributed by atoms with van der Waals surface area (Å²) in [6, 6.07) is 1.81. The molecule has 1 heterocycles. The molecule has 0 saturated carbocycles. The van der Waals surface area contributed by atoms with Gasteiger partial charge in [-0.05, 0) is 26.7 Å². The van der Waals surface area contributed by atoms with Crippen molar-refractivity contribution >= 4 is 5.95 Å². The summed E-state index contributed by atoms with van der Waals surface area (Å²) < 4.78 is 5.58. The number of aromatic nitrogens is 2. The highest BCUT2D eigenvalue weighted by Crippen LogP contribution is 2.16. The van der Waals surface area contributed by atoms with Crippen molar-refractivity contribution in [2.75, 3.05) is 11.9 Å². The number of nitrogens with zero attached hydrogens (tertiary/aromatic N) is 2. The van der Waals surface area contributed by atoms with Crippen LogP contribution in [0.3, 0.4) is 0 Å². The average molecular weight is 281 g/mol. The lowest BCUT2D eigenvalue weighted by Crippen LogP contribution is -2.28. The maximum atomic E-state index is 10.1. The molecular formula is C15H27N3O2. The Bertz CT molecular complexity index is 406. The molecule has 2 N–H and O–H groups in total. The van der Waals surface area contributed by atoms with Crippen molar-refractivity contribution in [3.05, 3.63) is 11.8 Å². The van der Waals surface area contributed by atoms with Crippen molar-refractivity contribution in [1.29, 1.82) is 0 Å². The van der Waals surface area contributed by atoms with Crippen LogP contribution in [0.4, 0.5) is 5.95 Å². The predicted octanol–water partition coefficient (Wildman–Crippen LogP) is 2.78. The van der Waals surface area contributed by atoms with Crippen LogP contribution in [-0.4, -0.2) is 33.8 Å². The first-order chi connectivity index (χ1) is 9.46. The first kappa shape index (κ1) is 16.7. The van der Waals surface area contributed by atoms with Crippen LogP contribution in [-0.2, 0) is 0 Å². The molecule has 0 bridgehead atoms. The summed E-state index contributed by atoms with van der Waals surface area (Å²) in [7, 11) is 0. The third-order valence-electron chi connectivity index (χ3n) is 3.25. The maximum Gasteiger partial charge on any atom is 0.226 e. The number of anilines is 1. The average Bonchev–Trinajstić information content (AvgIpc) is 2.36. The van der Waals surface area contributed by atoms with Gasteiger partial charge in [-0.1, -0.05) is 26.7 Å². The highest BCUT2D eigenvalue weighted by molar-refractivity contribution is 5.30.